The predicted molar refractivity (Wildman–Crippen MR) is 265 cm³/mol. The zero-order valence-corrected chi connectivity index (χ0v) is 41.3. The molecule has 0 saturated carbocycles. The van der Waals surface area contributed by atoms with E-state index in [4.69, 9.17) is 34.4 Å². The molecule has 0 aliphatic heterocycles. The highest BCUT2D eigenvalue weighted by Crippen LogP contribution is 2.07. The molecule has 0 unspecified atom stereocenters. The maximum atomic E-state index is 13.6. The molecule has 0 bridgehead atoms. The molecule has 1 rings (SSSR count). The number of guanidine groups is 1. The van der Waals surface area contributed by atoms with Gasteiger partial charge >= 0.3 is 0 Å². The number of carbonyl (C=O) groups is 11. The Bertz CT molecular complexity index is 2030. The van der Waals surface area contributed by atoms with Gasteiger partial charge in [0, 0.05) is 25.1 Å². The number of hydrogen-bond donors (Lipinski definition) is 17. The molecule has 0 aliphatic rings. The van der Waals surface area contributed by atoms with Gasteiger partial charge < -0.3 is 87.4 Å². The van der Waals surface area contributed by atoms with Crippen LogP contribution >= 0.6 is 12.6 Å². The second-order valence-corrected chi connectivity index (χ2v) is 17.0. The SMILES string of the molecule is CC(C)[C@H](N)C(=O)N[C@@H](CCC(N)=O)C(=O)NCC(=O)N[C@@H](CO)C(=O)NCC(=O)N[C@@H](CS)C(=O)N[C@@H](Cc1ccccc1)C(=O)NCC(=O)N[C@@H](CCCN=C(N)N)C(=O)N[C@@H](CCCCN)C(N)=O. The van der Waals surface area contributed by atoms with E-state index >= 15 is 0 Å². The molecular formula is C43H72N16O12S. The van der Waals surface area contributed by atoms with Crippen molar-refractivity contribution in [2.45, 2.75) is 108 Å². The molecule has 72 heavy (non-hydrogen) atoms. The summed E-state index contributed by atoms with van der Waals surface area (Å²) in [5.74, 6) is -10.1. The standard InChI is InChI=1S/C43H72N16O12S/c1-23(2)35(46)42(71)58-27(13-14-31(45)61)37(66)51-19-33(63)55-29(21-60)39(68)53-20-34(64)56-30(22-72)41(70)59-28(17-24-9-4-3-5-10-24)38(67)52-18-32(62)54-26(12-8-16-50-43(48)49)40(69)57-25(36(47)65)11-6-7-15-44/h3-5,9-10,23,25-30,35,60,72H,6-8,11-22,44,46H2,1-2H3,(H2,45,61)(H2,47,65)(H,51,66)(H,52,67)(H,53,68)(H,54,62)(H,55,63)(H,56,64)(H,57,69)(H,58,71)(H,59,70)(H4,48,49,50)/t25-,26-,27-,28-,29-,30-,35-/m0/s1. The minimum absolute atomic E-state index is 0.0196. The molecule has 0 radical (unpaired) electrons. The molecule has 402 valence electrons. The molecule has 7 atom stereocenters. The lowest BCUT2D eigenvalue weighted by Gasteiger charge is -2.24. The van der Waals surface area contributed by atoms with Crippen molar-refractivity contribution in [3.05, 3.63) is 35.9 Å². The van der Waals surface area contributed by atoms with Gasteiger partial charge in [-0.25, -0.2) is 0 Å². The number of nitrogens with one attached hydrogen (secondary N) is 9. The number of unbranched alkanes of at least 4 members (excludes halogenated alkanes) is 1. The normalized spacial score (nSPS) is 13.7. The Morgan fingerprint density at radius 1 is 0.583 bits per heavy atom. The van der Waals surface area contributed by atoms with Gasteiger partial charge in [-0.05, 0) is 56.6 Å². The second-order valence-electron chi connectivity index (χ2n) is 16.7. The van der Waals surface area contributed by atoms with E-state index in [1.54, 1.807) is 44.2 Å². The largest absolute Gasteiger partial charge is 0.394 e. The van der Waals surface area contributed by atoms with Gasteiger partial charge in [0.2, 0.25) is 65.0 Å². The lowest BCUT2D eigenvalue weighted by molar-refractivity contribution is -0.134. The maximum Gasteiger partial charge on any atom is 0.245 e. The fraction of sp³-hybridized carbons (Fsp3) is 0.581. The first-order valence-electron chi connectivity index (χ1n) is 23.0. The van der Waals surface area contributed by atoms with Crippen molar-refractivity contribution in [1.29, 1.82) is 0 Å². The topological polar surface area (TPSA) is 485 Å². The van der Waals surface area contributed by atoms with Crippen LogP contribution in [0.1, 0.15) is 64.4 Å². The number of aliphatic hydroxyl groups excluding tert-OH is 1. The van der Waals surface area contributed by atoms with Crippen LogP contribution < -0.4 is 82.3 Å². The van der Waals surface area contributed by atoms with E-state index in [0.29, 0.717) is 24.9 Å². The zero-order valence-electron chi connectivity index (χ0n) is 40.4. The highest BCUT2D eigenvalue weighted by atomic mass is 32.1. The van der Waals surface area contributed by atoms with Gasteiger partial charge in [0.05, 0.1) is 32.3 Å². The molecule has 1 aromatic rings. The van der Waals surface area contributed by atoms with Crippen molar-refractivity contribution >= 4 is 83.6 Å². The van der Waals surface area contributed by atoms with Crippen LogP contribution in [0.3, 0.4) is 0 Å². The fourth-order valence-corrected chi connectivity index (χ4v) is 6.53. The highest BCUT2D eigenvalue weighted by Gasteiger charge is 2.30. The molecule has 29 heteroatoms. The van der Waals surface area contributed by atoms with Gasteiger partial charge in [0.15, 0.2) is 5.96 Å². The van der Waals surface area contributed by atoms with Crippen molar-refractivity contribution < 1.29 is 57.8 Å². The third-order valence-electron chi connectivity index (χ3n) is 10.4. The molecule has 28 nitrogen and oxygen atoms in total. The Balaban J connectivity index is 2.97. The number of primary amides is 2. The lowest BCUT2D eigenvalue weighted by Crippen LogP contribution is -2.58. The van der Waals surface area contributed by atoms with Crippen LogP contribution in [0.25, 0.3) is 0 Å². The summed E-state index contributed by atoms with van der Waals surface area (Å²) in [4.78, 5) is 145. The van der Waals surface area contributed by atoms with Crippen molar-refractivity contribution in [1.82, 2.24) is 47.9 Å². The average Bonchev–Trinajstić information content (AvgIpc) is 3.33. The summed E-state index contributed by atoms with van der Waals surface area (Å²) in [7, 11) is 0. The predicted octanol–water partition coefficient (Wildman–Crippen LogP) is -7.67. The third-order valence-corrected chi connectivity index (χ3v) is 10.8. The Hall–Kier alpha value is -7.11. The van der Waals surface area contributed by atoms with Crippen LogP contribution in [-0.4, -0.2) is 163 Å². The smallest absolute Gasteiger partial charge is 0.245 e. The number of nitrogens with two attached hydrogens (primary N) is 6. The van der Waals surface area contributed by atoms with Gasteiger partial charge in [0.1, 0.15) is 36.3 Å². The molecule has 22 N–H and O–H groups in total. The van der Waals surface area contributed by atoms with Gasteiger partial charge in [-0.15, -0.1) is 0 Å². The Morgan fingerprint density at radius 3 is 1.56 bits per heavy atom. The summed E-state index contributed by atoms with van der Waals surface area (Å²) in [5.41, 5.74) is 33.4. The average molecular weight is 1040 g/mol. The zero-order chi connectivity index (χ0) is 54.3. The number of benzene rings is 1. The quantitative estimate of drug-likeness (QED) is 0.0130. The number of thiol groups is 1. The van der Waals surface area contributed by atoms with Gasteiger partial charge in [-0.2, -0.15) is 12.6 Å². The second kappa shape index (κ2) is 34.3. The Morgan fingerprint density at radius 2 is 1.06 bits per heavy atom. The number of rotatable bonds is 35. The molecule has 11 amide bonds. The molecule has 1 aromatic carbocycles. The number of amides is 11. The summed E-state index contributed by atoms with van der Waals surface area (Å²) in [5, 5.41) is 31.2. The van der Waals surface area contributed by atoms with E-state index in [-0.39, 0.29) is 62.7 Å². The summed E-state index contributed by atoms with van der Waals surface area (Å²) < 4.78 is 0. The fourth-order valence-electron chi connectivity index (χ4n) is 6.28. The maximum absolute atomic E-state index is 13.6. The first kappa shape index (κ1) is 62.9. The Kier molecular flexibility index (Phi) is 29.9. The number of aliphatic imine (C=N–C) groups is 1. The van der Waals surface area contributed by atoms with Crippen LogP contribution in [0.15, 0.2) is 35.3 Å². The summed E-state index contributed by atoms with van der Waals surface area (Å²) in [6.07, 6.45) is 0.932. The van der Waals surface area contributed by atoms with Crippen molar-refractivity contribution in [2.75, 3.05) is 45.1 Å². The van der Waals surface area contributed by atoms with E-state index in [2.05, 4.69) is 65.5 Å². The molecule has 0 fully saturated rings. The van der Waals surface area contributed by atoms with Crippen molar-refractivity contribution in [3.8, 4) is 0 Å². The molecular weight excluding hydrogens is 965 g/mol. The number of carbonyl (C=O) groups excluding carboxylic acids is 11. The summed E-state index contributed by atoms with van der Waals surface area (Å²) in [6, 6.07) is -0.432. The Labute approximate surface area is 422 Å². The lowest BCUT2D eigenvalue weighted by atomic mass is 10.0. The van der Waals surface area contributed by atoms with Crippen LogP contribution in [0.4, 0.5) is 0 Å². The molecule has 0 aliphatic carbocycles. The van der Waals surface area contributed by atoms with Crippen molar-refractivity contribution in [3.63, 3.8) is 0 Å². The van der Waals surface area contributed by atoms with E-state index in [1.807, 2.05) is 0 Å². The van der Waals surface area contributed by atoms with Crippen LogP contribution in [0, 0.1) is 5.92 Å². The summed E-state index contributed by atoms with van der Waals surface area (Å²) in [6.45, 7) is 0.694. The molecule has 0 heterocycles. The minimum Gasteiger partial charge on any atom is -0.394 e. The van der Waals surface area contributed by atoms with Crippen LogP contribution in [0.5, 0.6) is 0 Å². The number of nitrogens with zero attached hydrogens (tertiary/aromatic N) is 1. The van der Waals surface area contributed by atoms with E-state index < -0.39 is 134 Å². The minimum atomic E-state index is -1.62. The van der Waals surface area contributed by atoms with Crippen molar-refractivity contribution in [2.24, 2.45) is 45.3 Å². The highest BCUT2D eigenvalue weighted by molar-refractivity contribution is 7.80. The third kappa shape index (κ3) is 25.7. The van der Waals surface area contributed by atoms with Gasteiger partial charge in [-0.1, -0.05) is 44.2 Å². The van der Waals surface area contributed by atoms with Gasteiger partial charge in [-0.3, -0.25) is 57.7 Å². The summed E-state index contributed by atoms with van der Waals surface area (Å²) >= 11 is 4.15. The van der Waals surface area contributed by atoms with E-state index in [1.165, 1.54) is 0 Å². The monoisotopic (exact) mass is 1040 g/mol. The molecule has 0 saturated heterocycles. The first-order valence-corrected chi connectivity index (χ1v) is 23.6. The van der Waals surface area contributed by atoms with Crippen LogP contribution in [-0.2, 0) is 59.2 Å². The number of aliphatic hydroxyl groups is 1. The van der Waals surface area contributed by atoms with E-state index in [9.17, 15) is 57.8 Å². The number of hydrogen-bond acceptors (Lipinski definition) is 16. The first-order chi connectivity index (χ1) is 34.0. The molecule has 0 spiro atoms. The molecule has 0 aromatic heterocycles. The van der Waals surface area contributed by atoms with E-state index in [0.717, 1.165) is 0 Å². The van der Waals surface area contributed by atoms with Crippen LogP contribution in [0.2, 0.25) is 0 Å². The van der Waals surface area contributed by atoms with Gasteiger partial charge in [0.25, 0.3) is 0 Å².